The van der Waals surface area contributed by atoms with Crippen LogP contribution in [0.25, 0.3) is 22.2 Å². The molecular formula is C24H23N3O2S. The van der Waals surface area contributed by atoms with Crippen molar-refractivity contribution in [3.63, 3.8) is 0 Å². The summed E-state index contributed by atoms with van der Waals surface area (Å²) in [7, 11) is 0. The van der Waals surface area contributed by atoms with Gasteiger partial charge >= 0.3 is 0 Å². The number of hydrogen-bond donors (Lipinski definition) is 1. The molecule has 1 heterocycles. The van der Waals surface area contributed by atoms with Gasteiger partial charge in [0.1, 0.15) is 0 Å². The molecule has 4 aromatic rings. The maximum atomic E-state index is 12.6. The van der Waals surface area contributed by atoms with Crippen LogP contribution in [0, 0.1) is 0 Å². The maximum absolute atomic E-state index is 12.6. The van der Waals surface area contributed by atoms with Crippen LogP contribution in [0.2, 0.25) is 0 Å². The standard InChI is InChI=1S/C24H23N3O2S/c1-3-16-10-7-11-17(4-2)22(16)25-21(28)15-30-24-27-26-23(29-24)20-14-8-12-18-9-5-6-13-19(18)20/h5-14H,3-4,15H2,1-2H3,(H,25,28). The zero-order chi connectivity index (χ0) is 20.9. The van der Waals surface area contributed by atoms with E-state index in [0.717, 1.165) is 46.0 Å². The number of rotatable bonds is 7. The van der Waals surface area contributed by atoms with Crippen LogP contribution in [0.1, 0.15) is 25.0 Å². The molecule has 1 aromatic heterocycles. The fraction of sp³-hybridized carbons (Fsp3) is 0.208. The Morgan fingerprint density at radius 2 is 1.63 bits per heavy atom. The molecule has 1 N–H and O–H groups in total. The van der Waals surface area contributed by atoms with E-state index in [1.165, 1.54) is 11.8 Å². The van der Waals surface area contributed by atoms with Gasteiger partial charge in [-0.3, -0.25) is 4.79 Å². The first kappa shape index (κ1) is 20.2. The van der Waals surface area contributed by atoms with Crippen LogP contribution >= 0.6 is 11.8 Å². The van der Waals surface area contributed by atoms with Crippen LogP contribution in [0.4, 0.5) is 5.69 Å². The van der Waals surface area contributed by atoms with Crippen LogP contribution in [-0.4, -0.2) is 21.9 Å². The van der Waals surface area contributed by atoms with Gasteiger partial charge in [0.25, 0.3) is 5.22 Å². The number of amides is 1. The van der Waals surface area contributed by atoms with Crippen molar-refractivity contribution in [1.29, 1.82) is 0 Å². The van der Waals surface area contributed by atoms with Gasteiger partial charge in [0.05, 0.1) is 5.75 Å². The van der Waals surface area contributed by atoms with Crippen molar-refractivity contribution in [3.8, 4) is 11.5 Å². The number of carbonyl (C=O) groups is 1. The number of hydrogen-bond acceptors (Lipinski definition) is 5. The van der Waals surface area contributed by atoms with Crippen LogP contribution in [-0.2, 0) is 17.6 Å². The van der Waals surface area contributed by atoms with Crippen molar-refractivity contribution in [2.45, 2.75) is 31.9 Å². The molecule has 0 radical (unpaired) electrons. The molecule has 0 fully saturated rings. The Balaban J connectivity index is 1.46. The molecule has 5 nitrogen and oxygen atoms in total. The topological polar surface area (TPSA) is 68.0 Å². The lowest BCUT2D eigenvalue weighted by Crippen LogP contribution is -2.16. The average molecular weight is 418 g/mol. The summed E-state index contributed by atoms with van der Waals surface area (Å²) >= 11 is 1.24. The van der Waals surface area contributed by atoms with Gasteiger partial charge in [-0.25, -0.2) is 0 Å². The maximum Gasteiger partial charge on any atom is 0.277 e. The minimum atomic E-state index is -0.0829. The molecule has 4 rings (SSSR count). The van der Waals surface area contributed by atoms with Gasteiger partial charge in [-0.1, -0.05) is 80.2 Å². The first-order chi connectivity index (χ1) is 14.7. The molecule has 0 aliphatic carbocycles. The number of anilines is 1. The summed E-state index contributed by atoms with van der Waals surface area (Å²) < 4.78 is 5.83. The first-order valence-corrected chi connectivity index (χ1v) is 11.0. The Hall–Kier alpha value is -3.12. The monoisotopic (exact) mass is 417 g/mol. The second-order valence-corrected chi connectivity index (χ2v) is 7.82. The van der Waals surface area contributed by atoms with E-state index in [2.05, 4.69) is 41.5 Å². The third-order valence-electron chi connectivity index (χ3n) is 5.02. The van der Waals surface area contributed by atoms with E-state index in [1.807, 2.05) is 48.5 Å². The number of para-hydroxylation sites is 1. The van der Waals surface area contributed by atoms with Gasteiger partial charge in [0, 0.05) is 11.3 Å². The normalized spacial score (nSPS) is 11.0. The Bertz CT molecular complexity index is 1160. The zero-order valence-corrected chi connectivity index (χ0v) is 17.8. The lowest BCUT2D eigenvalue weighted by atomic mass is 10.0. The van der Waals surface area contributed by atoms with Crippen molar-refractivity contribution in [1.82, 2.24) is 10.2 Å². The van der Waals surface area contributed by atoms with Crippen molar-refractivity contribution in [2.24, 2.45) is 0 Å². The molecule has 0 unspecified atom stereocenters. The van der Waals surface area contributed by atoms with Gasteiger partial charge in [0.2, 0.25) is 11.8 Å². The predicted octanol–water partition coefficient (Wildman–Crippen LogP) is 5.75. The van der Waals surface area contributed by atoms with Crippen molar-refractivity contribution in [3.05, 3.63) is 71.8 Å². The Morgan fingerprint density at radius 1 is 0.933 bits per heavy atom. The highest BCUT2D eigenvalue weighted by Gasteiger charge is 2.15. The average Bonchev–Trinajstić information content (AvgIpc) is 3.26. The quantitative estimate of drug-likeness (QED) is 0.388. The molecule has 1 amide bonds. The van der Waals surface area contributed by atoms with E-state index in [9.17, 15) is 4.79 Å². The summed E-state index contributed by atoms with van der Waals surface area (Å²) in [6.07, 6.45) is 1.74. The molecule has 0 saturated carbocycles. The highest BCUT2D eigenvalue weighted by molar-refractivity contribution is 7.99. The van der Waals surface area contributed by atoms with E-state index in [0.29, 0.717) is 11.1 Å². The molecule has 152 valence electrons. The van der Waals surface area contributed by atoms with E-state index >= 15 is 0 Å². The van der Waals surface area contributed by atoms with Gasteiger partial charge in [-0.15, -0.1) is 10.2 Å². The summed E-state index contributed by atoms with van der Waals surface area (Å²) in [6, 6.07) is 20.2. The fourth-order valence-corrected chi connectivity index (χ4v) is 4.06. The van der Waals surface area contributed by atoms with Gasteiger partial charge in [-0.2, -0.15) is 0 Å². The van der Waals surface area contributed by atoms with Crippen molar-refractivity contribution < 1.29 is 9.21 Å². The van der Waals surface area contributed by atoms with E-state index in [-0.39, 0.29) is 11.7 Å². The minimum absolute atomic E-state index is 0.0829. The van der Waals surface area contributed by atoms with E-state index in [1.54, 1.807) is 0 Å². The van der Waals surface area contributed by atoms with Crippen LogP contribution in [0.15, 0.2) is 70.3 Å². The van der Waals surface area contributed by atoms with Crippen molar-refractivity contribution >= 4 is 34.1 Å². The highest BCUT2D eigenvalue weighted by atomic mass is 32.2. The fourth-order valence-electron chi connectivity index (χ4n) is 3.49. The molecule has 0 aliphatic rings. The number of nitrogens with one attached hydrogen (secondary N) is 1. The number of carbonyl (C=O) groups excluding carboxylic acids is 1. The van der Waals surface area contributed by atoms with Gasteiger partial charge in [-0.05, 0) is 40.8 Å². The van der Waals surface area contributed by atoms with Gasteiger partial charge < -0.3 is 9.73 Å². The summed E-state index contributed by atoms with van der Waals surface area (Å²) in [5.74, 6) is 0.582. The molecule has 6 heteroatoms. The molecule has 0 spiro atoms. The largest absolute Gasteiger partial charge is 0.411 e. The molecule has 0 atom stereocenters. The molecular weight excluding hydrogens is 394 g/mol. The van der Waals surface area contributed by atoms with Crippen molar-refractivity contribution in [2.75, 3.05) is 11.1 Å². The Kier molecular flexibility index (Phi) is 6.14. The second-order valence-electron chi connectivity index (χ2n) is 6.90. The lowest BCUT2D eigenvalue weighted by molar-refractivity contribution is -0.113. The number of aromatic nitrogens is 2. The number of fused-ring (bicyclic) bond motifs is 1. The molecule has 3 aromatic carbocycles. The Morgan fingerprint density at radius 3 is 2.40 bits per heavy atom. The van der Waals surface area contributed by atoms with E-state index in [4.69, 9.17) is 4.42 Å². The minimum Gasteiger partial charge on any atom is -0.411 e. The molecule has 0 bridgehead atoms. The summed E-state index contributed by atoms with van der Waals surface area (Å²) in [6.45, 7) is 4.18. The molecule has 30 heavy (non-hydrogen) atoms. The molecule has 0 aliphatic heterocycles. The van der Waals surface area contributed by atoms with E-state index < -0.39 is 0 Å². The summed E-state index contributed by atoms with van der Waals surface area (Å²) in [5, 5.41) is 13.9. The number of thioether (sulfide) groups is 1. The third-order valence-corrected chi connectivity index (χ3v) is 5.83. The second kappa shape index (κ2) is 9.13. The summed E-state index contributed by atoms with van der Waals surface area (Å²) in [4.78, 5) is 12.6. The number of benzene rings is 3. The van der Waals surface area contributed by atoms with Crippen LogP contribution < -0.4 is 5.32 Å². The number of nitrogens with zero attached hydrogens (tertiary/aromatic N) is 2. The Labute approximate surface area is 179 Å². The van der Waals surface area contributed by atoms with Gasteiger partial charge in [0.15, 0.2) is 0 Å². The predicted molar refractivity (Wildman–Crippen MR) is 122 cm³/mol. The highest BCUT2D eigenvalue weighted by Crippen LogP contribution is 2.30. The summed E-state index contributed by atoms with van der Waals surface area (Å²) in [5.41, 5.74) is 4.10. The SMILES string of the molecule is CCc1cccc(CC)c1NC(=O)CSc1nnc(-c2cccc3ccccc23)o1. The van der Waals surface area contributed by atoms with Crippen LogP contribution in [0.5, 0.6) is 0 Å². The zero-order valence-electron chi connectivity index (χ0n) is 17.0. The van der Waals surface area contributed by atoms with Crippen LogP contribution in [0.3, 0.4) is 0 Å². The molecule has 0 saturated heterocycles. The first-order valence-electron chi connectivity index (χ1n) is 10.0. The smallest absolute Gasteiger partial charge is 0.277 e. The lowest BCUT2D eigenvalue weighted by Gasteiger charge is -2.14. The third kappa shape index (κ3) is 4.24. The number of aryl methyl sites for hydroxylation is 2.